The van der Waals surface area contributed by atoms with Crippen LogP contribution >= 0.6 is 22.9 Å². The summed E-state index contributed by atoms with van der Waals surface area (Å²) in [6.45, 7) is 1.02. The fourth-order valence-corrected chi connectivity index (χ4v) is 3.43. The molecular formula is C17H13ClN2O3S. The highest BCUT2D eigenvalue weighted by atomic mass is 35.5. The van der Waals surface area contributed by atoms with Crippen molar-refractivity contribution in [3.63, 3.8) is 0 Å². The van der Waals surface area contributed by atoms with Gasteiger partial charge in [-0.15, -0.1) is 22.9 Å². The molecule has 2 heterocycles. The number of ether oxygens (including phenoxy) is 2. The van der Waals surface area contributed by atoms with Crippen molar-refractivity contribution in [3.8, 4) is 11.5 Å². The fourth-order valence-electron chi connectivity index (χ4n) is 2.65. The molecule has 7 heteroatoms. The van der Waals surface area contributed by atoms with Gasteiger partial charge in [-0.1, -0.05) is 0 Å². The summed E-state index contributed by atoms with van der Waals surface area (Å²) in [6, 6.07) is 11.1. The van der Waals surface area contributed by atoms with E-state index in [0.717, 1.165) is 15.9 Å². The number of rotatable bonds is 3. The molecule has 1 aliphatic heterocycles. The summed E-state index contributed by atoms with van der Waals surface area (Å²) in [5.41, 5.74) is 4.03. The van der Waals surface area contributed by atoms with Gasteiger partial charge in [-0.25, -0.2) is 4.98 Å². The van der Waals surface area contributed by atoms with Crippen LogP contribution in [0.5, 0.6) is 11.5 Å². The molecule has 0 radical (unpaired) electrons. The van der Waals surface area contributed by atoms with E-state index in [9.17, 15) is 4.79 Å². The average molecular weight is 361 g/mol. The van der Waals surface area contributed by atoms with Crippen LogP contribution in [-0.4, -0.2) is 30.0 Å². The maximum absolute atomic E-state index is 12.5. The molecule has 0 spiro atoms. The normalized spacial score (nSPS) is 13.0. The monoisotopic (exact) mass is 360 g/mol. The summed E-state index contributed by atoms with van der Waals surface area (Å²) in [4.78, 5) is 18.3. The zero-order valence-corrected chi connectivity index (χ0v) is 14.1. The van der Waals surface area contributed by atoms with Crippen LogP contribution in [0.3, 0.4) is 0 Å². The SMILES string of the molecule is O=C(CCl)N(c1ccc2c(c1)OCCO2)c1ccc2scnc2c1. The van der Waals surface area contributed by atoms with Gasteiger partial charge >= 0.3 is 0 Å². The number of carbonyl (C=O) groups excluding carboxylic acids is 1. The number of fused-ring (bicyclic) bond motifs is 2. The van der Waals surface area contributed by atoms with Gasteiger partial charge in [0, 0.05) is 6.07 Å². The van der Waals surface area contributed by atoms with Crippen LogP contribution in [0.1, 0.15) is 0 Å². The molecule has 0 atom stereocenters. The highest BCUT2D eigenvalue weighted by Crippen LogP contribution is 2.37. The molecule has 0 saturated carbocycles. The Labute approximate surface area is 147 Å². The molecule has 0 bridgehead atoms. The number of alkyl halides is 1. The van der Waals surface area contributed by atoms with Gasteiger partial charge in [0.25, 0.3) is 0 Å². The molecule has 0 saturated heterocycles. The fraction of sp³-hybridized carbons (Fsp3) is 0.176. The van der Waals surface area contributed by atoms with Crippen molar-refractivity contribution in [1.29, 1.82) is 0 Å². The number of benzene rings is 2. The molecule has 3 aromatic rings. The third-order valence-electron chi connectivity index (χ3n) is 3.72. The van der Waals surface area contributed by atoms with E-state index >= 15 is 0 Å². The summed E-state index contributed by atoms with van der Waals surface area (Å²) in [6.07, 6.45) is 0. The standard InChI is InChI=1S/C17H13ClN2O3S/c18-9-17(21)20(11-2-4-16-13(7-11)19-10-24-16)12-1-3-14-15(8-12)23-6-5-22-14/h1-4,7-8,10H,5-6,9H2. The predicted octanol–water partition coefficient (Wildman–Crippen LogP) is 3.97. The second-order valence-corrected chi connectivity index (χ2v) is 6.35. The zero-order valence-electron chi connectivity index (χ0n) is 12.6. The minimum Gasteiger partial charge on any atom is -0.486 e. The van der Waals surface area contributed by atoms with Crippen molar-refractivity contribution in [2.45, 2.75) is 0 Å². The quantitative estimate of drug-likeness (QED) is 0.663. The van der Waals surface area contributed by atoms with E-state index in [1.165, 1.54) is 0 Å². The van der Waals surface area contributed by atoms with Gasteiger partial charge in [0.2, 0.25) is 5.91 Å². The lowest BCUT2D eigenvalue weighted by Crippen LogP contribution is -2.27. The van der Waals surface area contributed by atoms with E-state index in [1.807, 2.05) is 24.3 Å². The summed E-state index contributed by atoms with van der Waals surface area (Å²) in [5, 5.41) is 0. The Balaban J connectivity index is 1.80. The van der Waals surface area contributed by atoms with Gasteiger partial charge in [-0.05, 0) is 30.3 Å². The van der Waals surface area contributed by atoms with Crippen LogP contribution in [0.2, 0.25) is 0 Å². The van der Waals surface area contributed by atoms with Crippen molar-refractivity contribution < 1.29 is 14.3 Å². The van der Waals surface area contributed by atoms with E-state index < -0.39 is 0 Å². The average Bonchev–Trinajstić information content (AvgIpc) is 3.09. The number of hydrogen-bond donors (Lipinski definition) is 0. The molecule has 1 aliphatic rings. The highest BCUT2D eigenvalue weighted by molar-refractivity contribution is 7.16. The predicted molar refractivity (Wildman–Crippen MR) is 94.9 cm³/mol. The minimum atomic E-state index is -0.220. The number of anilines is 2. The first-order chi connectivity index (χ1) is 11.8. The first-order valence-electron chi connectivity index (χ1n) is 7.38. The lowest BCUT2D eigenvalue weighted by atomic mass is 10.2. The Hall–Kier alpha value is -2.31. The van der Waals surface area contributed by atoms with Crippen LogP contribution in [0, 0.1) is 0 Å². The first kappa shape index (κ1) is 15.2. The second-order valence-electron chi connectivity index (χ2n) is 5.20. The van der Waals surface area contributed by atoms with E-state index in [4.69, 9.17) is 21.1 Å². The molecule has 122 valence electrons. The summed E-state index contributed by atoms with van der Waals surface area (Å²) in [7, 11) is 0. The summed E-state index contributed by atoms with van der Waals surface area (Å²) in [5.74, 6) is 0.964. The maximum atomic E-state index is 12.5. The molecule has 2 aromatic carbocycles. The molecular weight excluding hydrogens is 348 g/mol. The van der Waals surface area contributed by atoms with Gasteiger partial charge < -0.3 is 9.47 Å². The van der Waals surface area contributed by atoms with Gasteiger partial charge in [-0.3, -0.25) is 9.69 Å². The molecule has 24 heavy (non-hydrogen) atoms. The van der Waals surface area contributed by atoms with Crippen LogP contribution < -0.4 is 14.4 Å². The molecule has 1 aromatic heterocycles. The van der Waals surface area contributed by atoms with E-state index in [0.29, 0.717) is 30.4 Å². The van der Waals surface area contributed by atoms with E-state index in [-0.39, 0.29) is 11.8 Å². The zero-order chi connectivity index (χ0) is 16.5. The van der Waals surface area contributed by atoms with E-state index in [2.05, 4.69) is 4.98 Å². The van der Waals surface area contributed by atoms with Crippen molar-refractivity contribution in [2.75, 3.05) is 24.0 Å². The first-order valence-corrected chi connectivity index (χ1v) is 8.79. The number of thiazole rings is 1. The third kappa shape index (κ3) is 2.68. The van der Waals surface area contributed by atoms with Gasteiger partial charge in [0.05, 0.1) is 27.1 Å². The Morgan fingerprint density at radius 2 is 1.88 bits per heavy atom. The number of halogens is 1. The number of nitrogens with zero attached hydrogens (tertiary/aromatic N) is 2. The topological polar surface area (TPSA) is 51.7 Å². The van der Waals surface area contributed by atoms with Crippen molar-refractivity contribution in [3.05, 3.63) is 41.9 Å². The smallest absolute Gasteiger partial charge is 0.246 e. The number of aromatic nitrogens is 1. The summed E-state index contributed by atoms with van der Waals surface area (Å²) < 4.78 is 12.2. The van der Waals surface area contributed by atoms with Crippen molar-refractivity contribution in [1.82, 2.24) is 4.98 Å². The van der Waals surface area contributed by atoms with Gasteiger partial charge in [-0.2, -0.15) is 0 Å². The number of amides is 1. The van der Waals surface area contributed by atoms with Crippen LogP contribution in [0.4, 0.5) is 11.4 Å². The van der Waals surface area contributed by atoms with E-state index in [1.54, 1.807) is 33.9 Å². The Kier molecular flexibility index (Phi) is 4.00. The molecule has 5 nitrogen and oxygen atoms in total. The Bertz CT molecular complexity index is 912. The Morgan fingerprint density at radius 1 is 1.12 bits per heavy atom. The molecule has 0 unspecified atom stereocenters. The molecule has 4 rings (SSSR count). The lowest BCUT2D eigenvalue weighted by Gasteiger charge is -2.25. The van der Waals surface area contributed by atoms with Crippen LogP contribution in [0.15, 0.2) is 41.9 Å². The molecule has 0 fully saturated rings. The van der Waals surface area contributed by atoms with Crippen LogP contribution in [-0.2, 0) is 4.79 Å². The van der Waals surface area contributed by atoms with Crippen molar-refractivity contribution in [2.24, 2.45) is 0 Å². The van der Waals surface area contributed by atoms with Crippen LogP contribution in [0.25, 0.3) is 10.2 Å². The Morgan fingerprint density at radius 3 is 2.71 bits per heavy atom. The molecule has 0 N–H and O–H groups in total. The number of hydrogen-bond acceptors (Lipinski definition) is 5. The highest BCUT2D eigenvalue weighted by Gasteiger charge is 2.21. The van der Waals surface area contributed by atoms with Gasteiger partial charge in [0.1, 0.15) is 19.1 Å². The maximum Gasteiger partial charge on any atom is 0.246 e. The second kappa shape index (κ2) is 6.30. The van der Waals surface area contributed by atoms with Crippen molar-refractivity contribution >= 4 is 50.4 Å². The van der Waals surface area contributed by atoms with Gasteiger partial charge in [0.15, 0.2) is 11.5 Å². The number of carbonyl (C=O) groups is 1. The lowest BCUT2D eigenvalue weighted by molar-refractivity contribution is -0.115. The third-order valence-corrected chi connectivity index (χ3v) is 4.76. The molecule has 1 amide bonds. The molecule has 0 aliphatic carbocycles. The largest absolute Gasteiger partial charge is 0.486 e. The minimum absolute atomic E-state index is 0.121. The summed E-state index contributed by atoms with van der Waals surface area (Å²) >= 11 is 7.39.